The zero-order chi connectivity index (χ0) is 10.6. The van der Waals surface area contributed by atoms with Crippen molar-refractivity contribution >= 4 is 5.97 Å². The third-order valence-electron chi connectivity index (χ3n) is 1.65. The van der Waals surface area contributed by atoms with Gasteiger partial charge in [0.15, 0.2) is 5.69 Å². The van der Waals surface area contributed by atoms with Gasteiger partial charge in [0.25, 0.3) is 0 Å². The van der Waals surface area contributed by atoms with E-state index in [9.17, 15) is 4.79 Å². The predicted molar refractivity (Wildman–Crippen MR) is 49.3 cm³/mol. The van der Waals surface area contributed by atoms with Crippen LogP contribution in [-0.4, -0.2) is 34.8 Å². The number of aryl methyl sites for hydroxylation is 1. The van der Waals surface area contributed by atoms with Crippen molar-refractivity contribution in [2.24, 2.45) is 0 Å². The van der Waals surface area contributed by atoms with Crippen LogP contribution in [-0.2, 0) is 11.2 Å². The van der Waals surface area contributed by atoms with Crippen molar-refractivity contribution < 1.29 is 14.6 Å². The molecule has 5 nitrogen and oxygen atoms in total. The van der Waals surface area contributed by atoms with Crippen LogP contribution in [0, 0.1) is 6.92 Å². The lowest BCUT2D eigenvalue weighted by atomic mass is 10.3. The number of nitrogens with zero attached hydrogens (tertiary/aromatic N) is 2. The van der Waals surface area contributed by atoms with Gasteiger partial charge in [-0.1, -0.05) is 0 Å². The Morgan fingerprint density at radius 1 is 1.57 bits per heavy atom. The summed E-state index contributed by atoms with van der Waals surface area (Å²) in [6.45, 7) is 2.23. The van der Waals surface area contributed by atoms with Gasteiger partial charge in [0, 0.05) is 19.2 Å². The molecule has 1 N–H and O–H groups in total. The Morgan fingerprint density at radius 2 is 2.29 bits per heavy atom. The van der Waals surface area contributed by atoms with E-state index in [1.54, 1.807) is 14.0 Å². The van der Waals surface area contributed by atoms with Gasteiger partial charge in [0.05, 0.1) is 6.61 Å². The van der Waals surface area contributed by atoms with Crippen LogP contribution in [0.15, 0.2) is 6.07 Å². The molecule has 0 radical (unpaired) electrons. The lowest BCUT2D eigenvalue weighted by Crippen LogP contribution is -2.08. The van der Waals surface area contributed by atoms with Gasteiger partial charge in [-0.05, 0) is 13.0 Å². The number of carboxylic acids is 1. The number of methoxy groups -OCH3 is 1. The van der Waals surface area contributed by atoms with Gasteiger partial charge in [-0.25, -0.2) is 14.8 Å². The molecule has 1 aromatic heterocycles. The number of carbonyl (C=O) groups is 1. The summed E-state index contributed by atoms with van der Waals surface area (Å²) in [5.41, 5.74) is 0.687. The zero-order valence-electron chi connectivity index (χ0n) is 8.15. The Labute approximate surface area is 81.8 Å². The highest BCUT2D eigenvalue weighted by Crippen LogP contribution is 2.01. The maximum absolute atomic E-state index is 10.7. The first-order chi connectivity index (χ1) is 6.63. The second kappa shape index (κ2) is 4.66. The summed E-state index contributed by atoms with van der Waals surface area (Å²) in [6.07, 6.45) is 0.526. The minimum absolute atomic E-state index is 0.0311. The standard InChI is InChI=1S/C9H12N2O3/c1-6-5-7(9(12)13)11-8(10-6)3-4-14-2/h5H,3-4H2,1-2H3,(H,12,13). The summed E-state index contributed by atoms with van der Waals surface area (Å²) in [6, 6.07) is 1.44. The first-order valence-electron chi connectivity index (χ1n) is 4.20. The molecule has 0 saturated carbocycles. The predicted octanol–water partition coefficient (Wildman–Crippen LogP) is 0.672. The van der Waals surface area contributed by atoms with E-state index < -0.39 is 5.97 Å². The average Bonchev–Trinajstić information content (AvgIpc) is 2.14. The molecule has 0 fully saturated rings. The first kappa shape index (κ1) is 10.6. The number of aromatic carboxylic acids is 1. The smallest absolute Gasteiger partial charge is 0.354 e. The Kier molecular flexibility index (Phi) is 3.53. The van der Waals surface area contributed by atoms with Crippen LogP contribution in [0.3, 0.4) is 0 Å². The fraction of sp³-hybridized carbons (Fsp3) is 0.444. The van der Waals surface area contributed by atoms with Crippen LogP contribution in [0.1, 0.15) is 22.0 Å². The molecule has 0 aliphatic carbocycles. The molecule has 0 atom stereocenters. The molecule has 5 heteroatoms. The molecule has 0 aliphatic heterocycles. The number of aromatic nitrogens is 2. The van der Waals surface area contributed by atoms with Gasteiger partial charge < -0.3 is 9.84 Å². The van der Waals surface area contributed by atoms with Gasteiger partial charge in [0.2, 0.25) is 0 Å². The van der Waals surface area contributed by atoms with E-state index >= 15 is 0 Å². The fourth-order valence-corrected chi connectivity index (χ4v) is 1.04. The highest BCUT2D eigenvalue weighted by atomic mass is 16.5. The third-order valence-corrected chi connectivity index (χ3v) is 1.65. The largest absolute Gasteiger partial charge is 0.477 e. The summed E-state index contributed by atoms with van der Waals surface area (Å²) in [5, 5.41) is 8.74. The Bertz CT molecular complexity index is 339. The number of hydrogen-bond acceptors (Lipinski definition) is 4. The monoisotopic (exact) mass is 196 g/mol. The van der Waals surface area contributed by atoms with Crippen molar-refractivity contribution in [3.05, 3.63) is 23.3 Å². The fourth-order valence-electron chi connectivity index (χ4n) is 1.04. The molecule has 0 amide bonds. The topological polar surface area (TPSA) is 72.3 Å². The number of rotatable bonds is 4. The van der Waals surface area contributed by atoms with Crippen molar-refractivity contribution in [1.29, 1.82) is 0 Å². The lowest BCUT2D eigenvalue weighted by molar-refractivity contribution is 0.0689. The van der Waals surface area contributed by atoms with Gasteiger partial charge in [-0.2, -0.15) is 0 Å². The summed E-state index contributed by atoms with van der Waals surface area (Å²) in [7, 11) is 1.58. The van der Waals surface area contributed by atoms with Crippen molar-refractivity contribution in [3.63, 3.8) is 0 Å². The van der Waals surface area contributed by atoms with Crippen LogP contribution in [0.2, 0.25) is 0 Å². The molecule has 76 valence electrons. The summed E-state index contributed by atoms with van der Waals surface area (Å²) in [4.78, 5) is 18.6. The number of ether oxygens (including phenoxy) is 1. The second-order valence-electron chi connectivity index (χ2n) is 2.86. The van der Waals surface area contributed by atoms with E-state index in [2.05, 4.69) is 9.97 Å². The van der Waals surface area contributed by atoms with E-state index in [1.807, 2.05) is 0 Å². The first-order valence-corrected chi connectivity index (χ1v) is 4.20. The van der Waals surface area contributed by atoms with E-state index in [-0.39, 0.29) is 5.69 Å². The van der Waals surface area contributed by atoms with Crippen LogP contribution >= 0.6 is 0 Å². The molecular formula is C9H12N2O3. The molecule has 14 heavy (non-hydrogen) atoms. The van der Waals surface area contributed by atoms with Crippen molar-refractivity contribution in [1.82, 2.24) is 9.97 Å². The number of hydrogen-bond donors (Lipinski definition) is 1. The van der Waals surface area contributed by atoms with Crippen molar-refractivity contribution in [2.45, 2.75) is 13.3 Å². The maximum atomic E-state index is 10.7. The van der Waals surface area contributed by atoms with Crippen LogP contribution < -0.4 is 0 Å². The molecule has 1 rings (SSSR count). The van der Waals surface area contributed by atoms with Crippen LogP contribution in [0.4, 0.5) is 0 Å². The molecular weight excluding hydrogens is 184 g/mol. The second-order valence-corrected chi connectivity index (χ2v) is 2.86. The molecule has 0 saturated heterocycles. The van der Waals surface area contributed by atoms with Crippen molar-refractivity contribution in [3.8, 4) is 0 Å². The Hall–Kier alpha value is -1.49. The maximum Gasteiger partial charge on any atom is 0.354 e. The Balaban J connectivity index is 2.89. The van der Waals surface area contributed by atoms with E-state index in [1.165, 1.54) is 6.07 Å². The molecule has 0 aliphatic rings. The Morgan fingerprint density at radius 3 is 2.86 bits per heavy atom. The minimum atomic E-state index is -1.03. The molecule has 1 aromatic rings. The SMILES string of the molecule is COCCc1nc(C)cc(C(=O)O)n1. The average molecular weight is 196 g/mol. The number of carboxylic acid groups (broad SMARTS) is 1. The van der Waals surface area contributed by atoms with Gasteiger partial charge in [0.1, 0.15) is 5.82 Å². The lowest BCUT2D eigenvalue weighted by Gasteiger charge is -2.02. The zero-order valence-corrected chi connectivity index (χ0v) is 8.15. The highest BCUT2D eigenvalue weighted by molar-refractivity contribution is 5.85. The molecule has 0 aromatic carbocycles. The normalized spacial score (nSPS) is 10.1. The van der Waals surface area contributed by atoms with Gasteiger partial charge in [-0.15, -0.1) is 0 Å². The summed E-state index contributed by atoms with van der Waals surface area (Å²) in [5.74, 6) is -0.529. The van der Waals surface area contributed by atoms with Gasteiger partial charge in [-0.3, -0.25) is 0 Å². The minimum Gasteiger partial charge on any atom is -0.477 e. The third kappa shape index (κ3) is 2.77. The van der Waals surface area contributed by atoms with E-state index in [0.717, 1.165) is 0 Å². The van der Waals surface area contributed by atoms with E-state index in [4.69, 9.17) is 9.84 Å². The quantitative estimate of drug-likeness (QED) is 0.766. The molecule has 0 bridgehead atoms. The highest BCUT2D eigenvalue weighted by Gasteiger charge is 2.07. The molecule has 0 spiro atoms. The van der Waals surface area contributed by atoms with Gasteiger partial charge >= 0.3 is 5.97 Å². The van der Waals surface area contributed by atoms with Crippen LogP contribution in [0.25, 0.3) is 0 Å². The molecule has 0 unspecified atom stereocenters. The van der Waals surface area contributed by atoms with E-state index in [0.29, 0.717) is 24.5 Å². The summed E-state index contributed by atoms with van der Waals surface area (Å²) >= 11 is 0. The van der Waals surface area contributed by atoms with Crippen LogP contribution in [0.5, 0.6) is 0 Å². The van der Waals surface area contributed by atoms with Crippen molar-refractivity contribution in [2.75, 3.05) is 13.7 Å². The summed E-state index contributed by atoms with van der Waals surface area (Å²) < 4.78 is 4.86. The molecule has 1 heterocycles.